The van der Waals surface area contributed by atoms with Gasteiger partial charge in [0.05, 0.1) is 26.4 Å². The van der Waals surface area contributed by atoms with E-state index in [-0.39, 0.29) is 25.7 Å². The van der Waals surface area contributed by atoms with E-state index in [9.17, 15) is 43.2 Å². The Morgan fingerprint density at radius 2 is 0.474 bits per heavy atom. The van der Waals surface area contributed by atoms with Gasteiger partial charge in [-0.3, -0.25) is 37.3 Å². The molecule has 17 nitrogen and oxygen atoms in total. The van der Waals surface area contributed by atoms with Crippen molar-refractivity contribution in [2.75, 3.05) is 39.6 Å². The van der Waals surface area contributed by atoms with Crippen molar-refractivity contribution in [3.63, 3.8) is 0 Å². The zero-order chi connectivity index (χ0) is 71.4. The molecule has 2 unspecified atom stereocenters. The molecule has 0 aliphatic carbocycles. The molecule has 0 radical (unpaired) electrons. The van der Waals surface area contributed by atoms with E-state index in [1.54, 1.807) is 0 Å². The maximum atomic E-state index is 13.1. The van der Waals surface area contributed by atoms with Crippen LogP contribution in [0.5, 0.6) is 0 Å². The Kier molecular flexibility index (Phi) is 68.4. The Bertz CT molecular complexity index is 1870. The van der Waals surface area contributed by atoms with Crippen molar-refractivity contribution in [3.8, 4) is 0 Å². The summed E-state index contributed by atoms with van der Waals surface area (Å²) in [6, 6.07) is 0. The maximum absolute atomic E-state index is 13.1. The number of rotatable bonds is 77. The van der Waals surface area contributed by atoms with Crippen molar-refractivity contribution in [2.24, 2.45) is 11.8 Å². The van der Waals surface area contributed by atoms with Crippen LogP contribution in [0.25, 0.3) is 0 Å². The number of hydrogen-bond donors (Lipinski definition) is 3. The van der Waals surface area contributed by atoms with Crippen LogP contribution in [-0.4, -0.2) is 96.7 Å². The molecule has 0 amide bonds. The summed E-state index contributed by atoms with van der Waals surface area (Å²) in [6.45, 7) is 9.50. The van der Waals surface area contributed by atoms with Crippen molar-refractivity contribution in [1.82, 2.24) is 0 Å². The molecular weight excluding hydrogens is 1270 g/mol. The van der Waals surface area contributed by atoms with Gasteiger partial charge in [0.1, 0.15) is 19.3 Å². The first-order valence-corrected chi connectivity index (χ1v) is 43.5. The second-order valence-corrected chi connectivity index (χ2v) is 32.0. The molecule has 576 valence electrons. The van der Waals surface area contributed by atoms with Gasteiger partial charge < -0.3 is 33.8 Å². The topological polar surface area (TPSA) is 237 Å². The second kappa shape index (κ2) is 69.8. The van der Waals surface area contributed by atoms with Crippen LogP contribution < -0.4 is 0 Å². The molecule has 0 bridgehead atoms. The predicted octanol–water partition coefficient (Wildman–Crippen LogP) is 23.1. The first-order valence-electron chi connectivity index (χ1n) is 40.5. The Hall–Kier alpha value is -1.94. The third-order valence-electron chi connectivity index (χ3n) is 18.2. The molecule has 0 aromatic carbocycles. The van der Waals surface area contributed by atoms with Crippen LogP contribution in [0.1, 0.15) is 408 Å². The van der Waals surface area contributed by atoms with Crippen molar-refractivity contribution < 1.29 is 80.2 Å². The summed E-state index contributed by atoms with van der Waals surface area (Å²) in [5, 5.41) is 10.6. The molecule has 0 fully saturated rings. The van der Waals surface area contributed by atoms with Gasteiger partial charge in [0.25, 0.3) is 0 Å². The number of hydrogen-bond acceptors (Lipinski definition) is 15. The second-order valence-electron chi connectivity index (χ2n) is 29.1. The largest absolute Gasteiger partial charge is 0.472 e. The third-order valence-corrected chi connectivity index (χ3v) is 20.1. The minimum Gasteiger partial charge on any atom is -0.462 e. The van der Waals surface area contributed by atoms with Crippen LogP contribution in [-0.2, 0) is 65.4 Å². The molecule has 0 spiro atoms. The monoisotopic (exact) mass is 1420 g/mol. The quantitative estimate of drug-likeness (QED) is 0.0222. The number of aliphatic hydroxyl groups is 1. The highest BCUT2D eigenvalue weighted by atomic mass is 31.2. The van der Waals surface area contributed by atoms with Crippen LogP contribution in [0, 0.1) is 11.8 Å². The van der Waals surface area contributed by atoms with Crippen LogP contribution in [0.3, 0.4) is 0 Å². The van der Waals surface area contributed by atoms with Gasteiger partial charge in [-0.2, -0.15) is 0 Å². The SMILES string of the molecule is CCCCCCCCCCCCCCCCCCCCCCCCC(=O)O[C@H](COC(=O)CCCCCCCCCCCCCCCC)COP(=O)(O)OC[C@@H](O)COP(=O)(O)OC[C@@H](COC(=O)CCCCCCCCCC(C)C)OC(=O)CCCCCCCCCCC(C)C. The summed E-state index contributed by atoms with van der Waals surface area (Å²) in [6.07, 6.45) is 58.6. The van der Waals surface area contributed by atoms with Gasteiger partial charge in [0.2, 0.25) is 0 Å². The van der Waals surface area contributed by atoms with Crippen LogP contribution >= 0.6 is 15.6 Å². The van der Waals surface area contributed by atoms with E-state index in [1.165, 1.54) is 218 Å². The number of ether oxygens (including phenoxy) is 4. The summed E-state index contributed by atoms with van der Waals surface area (Å²) in [4.78, 5) is 72.8. The number of phosphoric ester groups is 2. The highest BCUT2D eigenvalue weighted by Crippen LogP contribution is 2.45. The number of carbonyl (C=O) groups is 4. The molecule has 0 aliphatic heterocycles. The van der Waals surface area contributed by atoms with Crippen molar-refractivity contribution >= 4 is 39.5 Å². The number of phosphoric acid groups is 2. The smallest absolute Gasteiger partial charge is 0.462 e. The summed E-state index contributed by atoms with van der Waals surface area (Å²) in [7, 11) is -9.91. The first-order chi connectivity index (χ1) is 46.9. The molecule has 0 aliphatic rings. The van der Waals surface area contributed by atoms with E-state index < -0.39 is 97.5 Å². The first kappa shape index (κ1) is 95.1. The number of unbranched alkanes of at least 4 members (excludes halogenated alkanes) is 47. The van der Waals surface area contributed by atoms with E-state index in [2.05, 4.69) is 41.5 Å². The molecule has 0 aromatic heterocycles. The lowest BCUT2D eigenvalue weighted by Crippen LogP contribution is -2.30. The van der Waals surface area contributed by atoms with Gasteiger partial charge >= 0.3 is 39.5 Å². The van der Waals surface area contributed by atoms with Crippen LogP contribution in [0.4, 0.5) is 0 Å². The molecule has 19 heteroatoms. The summed E-state index contributed by atoms with van der Waals surface area (Å²) in [5.74, 6) is -0.694. The fraction of sp³-hybridized carbons (Fsp3) is 0.949. The number of esters is 4. The molecule has 0 heterocycles. The lowest BCUT2D eigenvalue weighted by molar-refractivity contribution is -0.161. The van der Waals surface area contributed by atoms with Gasteiger partial charge in [0.15, 0.2) is 12.2 Å². The molecule has 5 atom stereocenters. The third kappa shape index (κ3) is 72.2. The fourth-order valence-electron chi connectivity index (χ4n) is 12.0. The van der Waals surface area contributed by atoms with E-state index >= 15 is 0 Å². The van der Waals surface area contributed by atoms with Crippen molar-refractivity contribution in [1.29, 1.82) is 0 Å². The van der Waals surface area contributed by atoms with Gasteiger partial charge in [0, 0.05) is 25.7 Å². The average molecular weight is 1420 g/mol. The average Bonchev–Trinajstić information content (AvgIpc) is 1.02. The summed E-state index contributed by atoms with van der Waals surface area (Å²) < 4.78 is 68.5. The van der Waals surface area contributed by atoms with Crippen molar-refractivity contribution in [3.05, 3.63) is 0 Å². The lowest BCUT2D eigenvalue weighted by atomic mass is 10.0. The molecule has 0 saturated carbocycles. The van der Waals surface area contributed by atoms with Crippen LogP contribution in [0.15, 0.2) is 0 Å². The maximum Gasteiger partial charge on any atom is 0.472 e. The zero-order valence-corrected chi connectivity index (χ0v) is 65.2. The van der Waals surface area contributed by atoms with E-state index in [0.717, 1.165) is 102 Å². The summed E-state index contributed by atoms with van der Waals surface area (Å²) in [5.41, 5.74) is 0. The number of aliphatic hydroxyl groups excluding tert-OH is 1. The highest BCUT2D eigenvalue weighted by Gasteiger charge is 2.30. The Morgan fingerprint density at radius 1 is 0.278 bits per heavy atom. The highest BCUT2D eigenvalue weighted by molar-refractivity contribution is 7.47. The molecule has 0 saturated heterocycles. The van der Waals surface area contributed by atoms with Crippen molar-refractivity contribution in [2.45, 2.75) is 426 Å². The zero-order valence-electron chi connectivity index (χ0n) is 63.4. The van der Waals surface area contributed by atoms with Gasteiger partial charge in [-0.25, -0.2) is 9.13 Å². The van der Waals surface area contributed by atoms with E-state index in [4.69, 9.17) is 37.0 Å². The van der Waals surface area contributed by atoms with Crippen LogP contribution in [0.2, 0.25) is 0 Å². The van der Waals surface area contributed by atoms with E-state index in [1.807, 2.05) is 0 Å². The minimum atomic E-state index is -4.96. The lowest BCUT2D eigenvalue weighted by Gasteiger charge is -2.21. The Balaban J connectivity index is 5.18. The number of carbonyl (C=O) groups excluding carboxylic acids is 4. The fourth-order valence-corrected chi connectivity index (χ4v) is 13.6. The molecule has 0 aromatic rings. The summed E-state index contributed by atoms with van der Waals surface area (Å²) >= 11 is 0. The molecule has 97 heavy (non-hydrogen) atoms. The minimum absolute atomic E-state index is 0.104. The van der Waals surface area contributed by atoms with Gasteiger partial charge in [-0.1, -0.05) is 356 Å². The Labute approximate surface area is 594 Å². The molecule has 0 rings (SSSR count). The standard InChI is InChI=1S/C78H152O17P2/c1-7-9-11-13-15-17-19-21-23-24-25-26-27-28-29-30-32-34-36-43-50-56-62-77(82)94-73(66-88-75(80)60-54-48-42-35-33-31-22-20-18-16-14-12-10-8-2)68-92-96(84,85)90-64-72(79)65-91-97(86,87)93-69-74(67-89-76(81)61-55-49-45-39-41-47-53-59-71(5)6)95-78(83)63-57-51-44-38-37-40-46-52-58-70(3)4/h70-74,79H,7-69H2,1-6H3,(H,84,85)(H,86,87)/t72-,73-,74-/m1/s1. The normalized spacial score (nSPS) is 14.0. The molecule has 3 N–H and O–H groups in total. The van der Waals surface area contributed by atoms with Gasteiger partial charge in [-0.05, 0) is 37.5 Å². The predicted molar refractivity (Wildman–Crippen MR) is 395 cm³/mol. The van der Waals surface area contributed by atoms with Gasteiger partial charge in [-0.15, -0.1) is 0 Å². The van der Waals surface area contributed by atoms with E-state index in [0.29, 0.717) is 31.6 Å². The Morgan fingerprint density at radius 3 is 0.701 bits per heavy atom. The molecular formula is C78H152O17P2.